The van der Waals surface area contributed by atoms with Crippen LogP contribution in [0.1, 0.15) is 0 Å². The highest BCUT2D eigenvalue weighted by atomic mass is 16.5. The van der Waals surface area contributed by atoms with Gasteiger partial charge in [0.1, 0.15) is 5.75 Å². The van der Waals surface area contributed by atoms with Crippen molar-refractivity contribution >= 4 is 34.3 Å². The molecule has 0 spiro atoms. The van der Waals surface area contributed by atoms with Crippen LogP contribution in [0.3, 0.4) is 0 Å². The van der Waals surface area contributed by atoms with Crippen LogP contribution in [-0.2, 0) is 0 Å². The number of hydrogen-bond donors (Lipinski definition) is 2. The number of aromatic nitrogens is 2. The van der Waals surface area contributed by atoms with Crippen molar-refractivity contribution in [2.75, 3.05) is 63.0 Å². The van der Waals surface area contributed by atoms with Gasteiger partial charge < -0.3 is 29.9 Å². The zero-order valence-electron chi connectivity index (χ0n) is 17.9. The number of nitrogens with zero attached hydrogens (tertiary/aromatic N) is 4. The monoisotopic (exact) mass is 422 g/mol. The lowest BCUT2D eigenvalue weighted by Gasteiger charge is -2.33. The number of fused-ring (bicyclic) bond motifs is 1. The molecule has 1 aliphatic rings. The first-order valence-corrected chi connectivity index (χ1v) is 10.1. The Labute approximate surface area is 181 Å². The van der Waals surface area contributed by atoms with Crippen LogP contribution in [0.4, 0.5) is 22.0 Å². The lowest BCUT2D eigenvalue weighted by molar-refractivity contribution is 0.262. The minimum atomic E-state index is -0.371. The van der Waals surface area contributed by atoms with E-state index in [2.05, 4.69) is 32.5 Å². The highest BCUT2D eigenvalue weighted by Gasteiger charge is 2.21. The van der Waals surface area contributed by atoms with Gasteiger partial charge in [-0.15, -0.1) is 0 Å². The van der Waals surface area contributed by atoms with E-state index < -0.39 is 0 Å². The van der Waals surface area contributed by atoms with Gasteiger partial charge in [-0.25, -0.2) is 14.8 Å². The van der Waals surface area contributed by atoms with E-state index in [4.69, 9.17) is 14.5 Å². The Morgan fingerprint density at radius 1 is 0.935 bits per heavy atom. The number of piperazine rings is 1. The van der Waals surface area contributed by atoms with Crippen molar-refractivity contribution in [3.8, 4) is 11.6 Å². The fraction of sp³-hybridized carbons (Fsp3) is 0.318. The van der Waals surface area contributed by atoms with Gasteiger partial charge in [-0.05, 0) is 37.4 Å². The van der Waals surface area contributed by atoms with Gasteiger partial charge in [0.25, 0.3) is 5.88 Å². The van der Waals surface area contributed by atoms with Gasteiger partial charge in [0.05, 0.1) is 30.9 Å². The number of hydrogen-bond acceptors (Lipinski definition) is 7. The van der Waals surface area contributed by atoms with Gasteiger partial charge in [0.15, 0.2) is 5.82 Å². The van der Waals surface area contributed by atoms with E-state index in [-0.39, 0.29) is 6.03 Å². The summed E-state index contributed by atoms with van der Waals surface area (Å²) in [5, 5.41) is 5.64. The third kappa shape index (κ3) is 4.61. The van der Waals surface area contributed by atoms with Gasteiger partial charge in [0, 0.05) is 31.9 Å². The summed E-state index contributed by atoms with van der Waals surface area (Å²) >= 11 is 0. The number of anilines is 3. The highest BCUT2D eigenvalue weighted by molar-refractivity contribution is 6.01. The van der Waals surface area contributed by atoms with E-state index in [1.807, 2.05) is 24.3 Å². The molecule has 0 bridgehead atoms. The minimum Gasteiger partial charge on any atom is -0.495 e. The molecule has 0 atom stereocenters. The molecule has 2 N–H and O–H groups in total. The predicted molar refractivity (Wildman–Crippen MR) is 121 cm³/mol. The third-order valence-corrected chi connectivity index (χ3v) is 5.22. The molecule has 0 radical (unpaired) electrons. The third-order valence-electron chi connectivity index (χ3n) is 5.22. The zero-order valence-corrected chi connectivity index (χ0v) is 17.9. The van der Waals surface area contributed by atoms with Crippen LogP contribution in [-0.4, -0.2) is 68.3 Å². The fourth-order valence-electron chi connectivity index (χ4n) is 3.50. The van der Waals surface area contributed by atoms with E-state index in [9.17, 15) is 4.79 Å². The van der Waals surface area contributed by atoms with Crippen LogP contribution in [0.5, 0.6) is 11.6 Å². The smallest absolute Gasteiger partial charge is 0.323 e. The number of rotatable bonds is 5. The Bertz CT molecular complexity index is 1080. The lowest BCUT2D eigenvalue weighted by atomic mass is 10.2. The SMILES string of the molecule is COc1ccccc1NC(=O)Nc1ccc2nc(OC)c(N3CCN(C)CC3)nc2c1. The van der Waals surface area contributed by atoms with Crippen LogP contribution in [0.2, 0.25) is 0 Å². The van der Waals surface area contributed by atoms with Gasteiger partial charge in [-0.1, -0.05) is 12.1 Å². The molecule has 0 aliphatic carbocycles. The van der Waals surface area contributed by atoms with E-state index in [1.165, 1.54) is 0 Å². The molecular weight excluding hydrogens is 396 g/mol. The van der Waals surface area contributed by atoms with Gasteiger partial charge >= 0.3 is 6.03 Å². The summed E-state index contributed by atoms with van der Waals surface area (Å²) in [5.41, 5.74) is 2.59. The number of methoxy groups -OCH3 is 2. The Kier molecular flexibility index (Phi) is 6.03. The van der Waals surface area contributed by atoms with E-state index >= 15 is 0 Å². The molecule has 2 aromatic carbocycles. The Morgan fingerprint density at radius 2 is 1.71 bits per heavy atom. The normalized spacial score (nSPS) is 14.4. The van der Waals surface area contributed by atoms with Crippen LogP contribution in [0.25, 0.3) is 11.0 Å². The van der Waals surface area contributed by atoms with E-state index in [0.717, 1.165) is 32.0 Å². The largest absolute Gasteiger partial charge is 0.495 e. The summed E-state index contributed by atoms with van der Waals surface area (Å²) in [6.45, 7) is 3.61. The molecule has 0 saturated carbocycles. The van der Waals surface area contributed by atoms with Crippen molar-refractivity contribution in [2.24, 2.45) is 0 Å². The number of likely N-dealkylation sites (N-methyl/N-ethyl adjacent to an activating group) is 1. The Hall–Kier alpha value is -3.59. The van der Waals surface area contributed by atoms with Gasteiger partial charge in [-0.3, -0.25) is 0 Å². The van der Waals surface area contributed by atoms with E-state index in [0.29, 0.717) is 34.0 Å². The number of urea groups is 1. The van der Waals surface area contributed by atoms with Crippen molar-refractivity contribution in [3.63, 3.8) is 0 Å². The molecule has 31 heavy (non-hydrogen) atoms. The second kappa shape index (κ2) is 9.05. The summed E-state index contributed by atoms with van der Waals surface area (Å²) in [6.07, 6.45) is 0. The molecule has 9 heteroatoms. The lowest BCUT2D eigenvalue weighted by Crippen LogP contribution is -2.45. The molecule has 9 nitrogen and oxygen atoms in total. The first kappa shape index (κ1) is 20.7. The molecule has 4 rings (SSSR count). The predicted octanol–water partition coefficient (Wildman–Crippen LogP) is 3.04. The maximum Gasteiger partial charge on any atom is 0.323 e. The number of amides is 2. The number of nitrogens with one attached hydrogen (secondary N) is 2. The van der Waals surface area contributed by atoms with Crippen LogP contribution in [0.15, 0.2) is 42.5 Å². The molecule has 0 unspecified atom stereocenters. The minimum absolute atomic E-state index is 0.371. The van der Waals surface area contributed by atoms with Crippen molar-refractivity contribution in [3.05, 3.63) is 42.5 Å². The molecule has 3 aromatic rings. The van der Waals surface area contributed by atoms with Crippen molar-refractivity contribution in [1.82, 2.24) is 14.9 Å². The van der Waals surface area contributed by atoms with Gasteiger partial charge in [0.2, 0.25) is 0 Å². The number of carbonyl (C=O) groups is 1. The van der Waals surface area contributed by atoms with Gasteiger partial charge in [-0.2, -0.15) is 0 Å². The second-order valence-electron chi connectivity index (χ2n) is 7.33. The summed E-state index contributed by atoms with van der Waals surface area (Å²) in [7, 11) is 5.27. The second-order valence-corrected chi connectivity index (χ2v) is 7.33. The molecule has 1 saturated heterocycles. The maximum absolute atomic E-state index is 12.5. The standard InChI is InChI=1S/C22H26N6O3/c1-27-10-12-28(13-11-27)20-21(31-3)25-16-9-8-15(14-18(16)24-20)23-22(29)26-17-6-4-5-7-19(17)30-2/h4-9,14H,10-13H2,1-3H3,(H2,23,26,29). The molecule has 2 heterocycles. The number of benzene rings is 2. The molecular formula is C22H26N6O3. The summed E-state index contributed by atoms with van der Waals surface area (Å²) in [4.78, 5) is 26.4. The molecule has 1 fully saturated rings. The van der Waals surface area contributed by atoms with Crippen molar-refractivity contribution < 1.29 is 14.3 Å². The van der Waals surface area contributed by atoms with Crippen molar-refractivity contribution in [1.29, 1.82) is 0 Å². The zero-order chi connectivity index (χ0) is 21.8. The van der Waals surface area contributed by atoms with E-state index in [1.54, 1.807) is 32.4 Å². The van der Waals surface area contributed by atoms with Crippen LogP contribution >= 0.6 is 0 Å². The molecule has 1 aliphatic heterocycles. The first-order chi connectivity index (χ1) is 15.1. The highest BCUT2D eigenvalue weighted by Crippen LogP contribution is 2.29. The Balaban J connectivity index is 1.56. The Morgan fingerprint density at radius 3 is 2.45 bits per heavy atom. The van der Waals surface area contributed by atoms with Crippen LogP contribution < -0.4 is 25.0 Å². The molecule has 1 aromatic heterocycles. The van der Waals surface area contributed by atoms with Crippen molar-refractivity contribution in [2.45, 2.75) is 0 Å². The quantitative estimate of drug-likeness (QED) is 0.653. The first-order valence-electron chi connectivity index (χ1n) is 10.1. The topological polar surface area (TPSA) is 91.8 Å². The number of carbonyl (C=O) groups excluding carboxylic acids is 1. The number of para-hydroxylation sites is 2. The average molecular weight is 422 g/mol. The fourth-order valence-corrected chi connectivity index (χ4v) is 3.50. The summed E-state index contributed by atoms with van der Waals surface area (Å²) < 4.78 is 10.8. The average Bonchev–Trinajstić information content (AvgIpc) is 2.79. The molecule has 2 amide bonds. The number of ether oxygens (including phenoxy) is 2. The molecule has 162 valence electrons. The summed E-state index contributed by atoms with van der Waals surface area (Å²) in [5.74, 6) is 1.82. The maximum atomic E-state index is 12.5. The summed E-state index contributed by atoms with van der Waals surface area (Å²) in [6, 6.07) is 12.3. The van der Waals surface area contributed by atoms with Crippen LogP contribution in [0, 0.1) is 0 Å².